The number of rotatable bonds is 4. The number of Topliss-reactive ketones (excluding diaryl/α,β-unsaturated/α-hetero) is 2. The first kappa shape index (κ1) is 17.7. The standard InChI is InChI=1S/C23H19NO5/c25-16-5-6-19(20(26)11-16)24-12-18-17(23(24)27)2-1-3-22(18)29-13-14-4-7-21-15(10-14)8-9-28-21/h1-4,7-10,19H,5-6,11-13H2. The van der Waals surface area contributed by atoms with Crippen molar-refractivity contribution in [1.82, 2.24) is 4.90 Å². The van der Waals surface area contributed by atoms with Gasteiger partial charge in [0.25, 0.3) is 5.91 Å². The molecule has 2 heterocycles. The Morgan fingerprint density at radius 1 is 1.10 bits per heavy atom. The molecule has 0 saturated heterocycles. The van der Waals surface area contributed by atoms with Gasteiger partial charge < -0.3 is 14.1 Å². The van der Waals surface area contributed by atoms with E-state index in [1.54, 1.807) is 23.3 Å². The highest BCUT2D eigenvalue weighted by atomic mass is 16.5. The van der Waals surface area contributed by atoms with Crippen molar-refractivity contribution in [2.24, 2.45) is 0 Å². The minimum absolute atomic E-state index is 0.0472. The lowest BCUT2D eigenvalue weighted by Crippen LogP contribution is -2.44. The third kappa shape index (κ3) is 3.10. The van der Waals surface area contributed by atoms with Crippen molar-refractivity contribution in [3.8, 4) is 5.75 Å². The number of fused-ring (bicyclic) bond motifs is 2. The van der Waals surface area contributed by atoms with E-state index in [2.05, 4.69) is 0 Å². The molecule has 1 atom stereocenters. The first-order chi connectivity index (χ1) is 14.1. The van der Waals surface area contributed by atoms with Gasteiger partial charge in [0, 0.05) is 22.9 Å². The topological polar surface area (TPSA) is 76.8 Å². The van der Waals surface area contributed by atoms with Gasteiger partial charge in [-0.2, -0.15) is 0 Å². The van der Waals surface area contributed by atoms with Crippen LogP contribution in [0.2, 0.25) is 0 Å². The van der Waals surface area contributed by atoms with Crippen LogP contribution in [-0.2, 0) is 22.7 Å². The average molecular weight is 389 g/mol. The lowest BCUT2D eigenvalue weighted by molar-refractivity contribution is -0.133. The fourth-order valence-corrected chi connectivity index (χ4v) is 4.17. The molecule has 0 N–H and O–H groups in total. The predicted octanol–water partition coefficient (Wildman–Crippen LogP) is 3.66. The van der Waals surface area contributed by atoms with Crippen molar-refractivity contribution in [1.29, 1.82) is 0 Å². The summed E-state index contributed by atoms with van der Waals surface area (Å²) in [6.07, 6.45) is 2.32. The van der Waals surface area contributed by atoms with Crippen molar-refractivity contribution >= 4 is 28.4 Å². The second kappa shape index (κ2) is 6.88. The second-order valence-corrected chi connectivity index (χ2v) is 7.53. The lowest BCUT2D eigenvalue weighted by atomic mass is 9.92. The van der Waals surface area contributed by atoms with E-state index >= 15 is 0 Å². The summed E-state index contributed by atoms with van der Waals surface area (Å²) in [6, 6.07) is 12.6. The molecule has 3 aromatic rings. The molecule has 1 aromatic heterocycles. The van der Waals surface area contributed by atoms with Crippen LogP contribution in [0.15, 0.2) is 53.1 Å². The third-order valence-corrected chi connectivity index (χ3v) is 5.68. The zero-order valence-electron chi connectivity index (χ0n) is 15.7. The quantitative estimate of drug-likeness (QED) is 0.637. The number of benzene rings is 2. The Kier molecular flexibility index (Phi) is 4.19. The van der Waals surface area contributed by atoms with Crippen LogP contribution in [0.25, 0.3) is 11.0 Å². The molecule has 1 aliphatic carbocycles. The molecular weight excluding hydrogens is 370 g/mol. The zero-order chi connectivity index (χ0) is 20.0. The van der Waals surface area contributed by atoms with E-state index in [4.69, 9.17) is 9.15 Å². The Labute approximate surface area is 167 Å². The van der Waals surface area contributed by atoms with E-state index in [1.165, 1.54) is 0 Å². The van der Waals surface area contributed by atoms with Crippen LogP contribution in [-0.4, -0.2) is 28.4 Å². The van der Waals surface area contributed by atoms with Crippen LogP contribution < -0.4 is 4.74 Å². The summed E-state index contributed by atoms with van der Waals surface area (Å²) in [4.78, 5) is 38.3. The molecule has 2 aliphatic rings. The number of ketones is 2. The predicted molar refractivity (Wildman–Crippen MR) is 105 cm³/mol. The number of hydrogen-bond donors (Lipinski definition) is 0. The van der Waals surface area contributed by atoms with Gasteiger partial charge in [-0.3, -0.25) is 14.4 Å². The number of carbonyl (C=O) groups is 3. The van der Waals surface area contributed by atoms with Gasteiger partial charge in [-0.25, -0.2) is 0 Å². The van der Waals surface area contributed by atoms with E-state index in [0.29, 0.717) is 37.3 Å². The number of nitrogens with zero attached hydrogens (tertiary/aromatic N) is 1. The maximum atomic E-state index is 12.9. The first-order valence-electron chi connectivity index (χ1n) is 9.66. The van der Waals surface area contributed by atoms with Crippen LogP contribution in [0, 0.1) is 0 Å². The minimum Gasteiger partial charge on any atom is -0.489 e. The van der Waals surface area contributed by atoms with Crippen molar-refractivity contribution in [2.45, 2.75) is 38.5 Å². The summed E-state index contributed by atoms with van der Waals surface area (Å²) in [5, 5.41) is 1.01. The van der Waals surface area contributed by atoms with E-state index < -0.39 is 6.04 Å². The Balaban J connectivity index is 1.36. The first-order valence-corrected chi connectivity index (χ1v) is 9.66. The Hall–Kier alpha value is -3.41. The summed E-state index contributed by atoms with van der Waals surface area (Å²) in [5.41, 5.74) is 3.19. The molecule has 1 saturated carbocycles. The van der Waals surface area contributed by atoms with Crippen molar-refractivity contribution in [2.75, 3.05) is 0 Å². The van der Waals surface area contributed by atoms with Crippen LogP contribution >= 0.6 is 0 Å². The highest BCUT2D eigenvalue weighted by Crippen LogP contribution is 2.34. The monoisotopic (exact) mass is 389 g/mol. The van der Waals surface area contributed by atoms with E-state index in [1.807, 2.05) is 30.3 Å². The largest absolute Gasteiger partial charge is 0.489 e. The summed E-state index contributed by atoms with van der Waals surface area (Å²) < 4.78 is 11.4. The molecule has 1 fully saturated rings. The van der Waals surface area contributed by atoms with Crippen LogP contribution in [0.3, 0.4) is 0 Å². The van der Waals surface area contributed by atoms with Gasteiger partial charge in [-0.15, -0.1) is 0 Å². The van der Waals surface area contributed by atoms with E-state index in [9.17, 15) is 14.4 Å². The van der Waals surface area contributed by atoms with Gasteiger partial charge in [-0.1, -0.05) is 12.1 Å². The normalized spacial score (nSPS) is 19.1. The molecule has 146 valence electrons. The van der Waals surface area contributed by atoms with Crippen molar-refractivity contribution < 1.29 is 23.5 Å². The molecule has 1 amide bonds. The van der Waals surface area contributed by atoms with Crippen LogP contribution in [0.1, 0.15) is 40.7 Å². The fourth-order valence-electron chi connectivity index (χ4n) is 4.17. The molecular formula is C23H19NO5. The number of hydrogen-bond acceptors (Lipinski definition) is 5. The Morgan fingerprint density at radius 2 is 2.00 bits per heavy atom. The molecule has 29 heavy (non-hydrogen) atoms. The summed E-state index contributed by atoms with van der Waals surface area (Å²) in [6.45, 7) is 0.693. The molecule has 2 aromatic carbocycles. The van der Waals surface area contributed by atoms with Crippen molar-refractivity contribution in [3.63, 3.8) is 0 Å². The zero-order valence-corrected chi connectivity index (χ0v) is 15.7. The number of carbonyl (C=O) groups excluding carboxylic acids is 3. The molecule has 0 bridgehead atoms. The molecule has 5 rings (SSSR count). The molecule has 6 nitrogen and oxygen atoms in total. The highest BCUT2D eigenvalue weighted by molar-refractivity contribution is 6.07. The Bertz CT molecular complexity index is 1150. The molecule has 0 spiro atoms. The Morgan fingerprint density at radius 3 is 2.86 bits per heavy atom. The van der Waals surface area contributed by atoms with Crippen molar-refractivity contribution in [3.05, 3.63) is 65.4 Å². The lowest BCUT2D eigenvalue weighted by Gasteiger charge is -2.29. The van der Waals surface area contributed by atoms with Crippen LogP contribution in [0.4, 0.5) is 0 Å². The smallest absolute Gasteiger partial charge is 0.255 e. The van der Waals surface area contributed by atoms with Gasteiger partial charge in [0.1, 0.15) is 23.7 Å². The van der Waals surface area contributed by atoms with Gasteiger partial charge in [0.2, 0.25) is 0 Å². The minimum atomic E-state index is -0.524. The van der Waals surface area contributed by atoms with Gasteiger partial charge in [0.15, 0.2) is 5.78 Å². The summed E-state index contributed by atoms with van der Waals surface area (Å²) in [7, 11) is 0. The maximum Gasteiger partial charge on any atom is 0.255 e. The molecule has 6 heteroatoms. The number of amides is 1. The van der Waals surface area contributed by atoms with Gasteiger partial charge in [-0.05, 0) is 42.3 Å². The highest BCUT2D eigenvalue weighted by Gasteiger charge is 2.39. The average Bonchev–Trinajstić information content (AvgIpc) is 3.31. The molecule has 1 unspecified atom stereocenters. The fraction of sp³-hybridized carbons (Fsp3) is 0.261. The number of furan rings is 1. The molecule has 1 aliphatic heterocycles. The molecule has 0 radical (unpaired) electrons. The number of ether oxygens (including phenoxy) is 1. The second-order valence-electron chi connectivity index (χ2n) is 7.53. The van der Waals surface area contributed by atoms with Gasteiger partial charge in [0.05, 0.1) is 25.3 Å². The SMILES string of the molecule is O=C1CCC(N2Cc3c(OCc4ccc5occc5c4)cccc3C2=O)C(=O)C1. The summed E-state index contributed by atoms with van der Waals surface area (Å²) >= 11 is 0. The maximum absolute atomic E-state index is 12.9. The van der Waals surface area contributed by atoms with Gasteiger partial charge >= 0.3 is 0 Å². The third-order valence-electron chi connectivity index (χ3n) is 5.68. The van der Waals surface area contributed by atoms with Crippen LogP contribution in [0.5, 0.6) is 5.75 Å². The van der Waals surface area contributed by atoms with E-state index in [-0.39, 0.29) is 23.9 Å². The van der Waals surface area contributed by atoms with E-state index in [0.717, 1.165) is 22.1 Å². The summed E-state index contributed by atoms with van der Waals surface area (Å²) in [5.74, 6) is 0.259.